The molecule has 4 heteroatoms. The van der Waals surface area contributed by atoms with Crippen molar-refractivity contribution in [2.24, 2.45) is 5.10 Å². The number of hydrazone groups is 1. The van der Waals surface area contributed by atoms with Gasteiger partial charge in [-0.3, -0.25) is 5.01 Å². The van der Waals surface area contributed by atoms with Crippen LogP contribution in [0.15, 0.2) is 77.9 Å². The normalized spacial score (nSPS) is 16.8. The van der Waals surface area contributed by atoms with Gasteiger partial charge in [-0.25, -0.2) is 0 Å². The molecular formula is C25H26N3O+. The van der Waals surface area contributed by atoms with Gasteiger partial charge in [0.05, 0.1) is 39.5 Å². The summed E-state index contributed by atoms with van der Waals surface area (Å²) in [6.07, 6.45) is 1.92. The number of hydrogen-bond acceptors (Lipinski definition) is 3. The summed E-state index contributed by atoms with van der Waals surface area (Å²) in [5, 5.41) is 6.91. The predicted octanol–water partition coefficient (Wildman–Crippen LogP) is 3.00. The zero-order valence-corrected chi connectivity index (χ0v) is 16.7. The van der Waals surface area contributed by atoms with E-state index in [1.54, 1.807) is 12.0 Å². The average Bonchev–Trinajstić information content (AvgIpc) is 3.13. The lowest BCUT2D eigenvalue weighted by Gasteiger charge is -2.34. The third-order valence-electron chi connectivity index (χ3n) is 6.12. The quantitative estimate of drug-likeness (QED) is 0.701. The molecule has 1 saturated heterocycles. The van der Waals surface area contributed by atoms with Crippen LogP contribution in [0, 0.1) is 0 Å². The molecule has 2 aliphatic rings. The van der Waals surface area contributed by atoms with Gasteiger partial charge in [-0.15, -0.1) is 0 Å². The maximum atomic E-state index is 5.42. The van der Waals surface area contributed by atoms with Crippen LogP contribution in [0.5, 0.6) is 5.75 Å². The van der Waals surface area contributed by atoms with Crippen LogP contribution in [0.4, 0.5) is 0 Å². The van der Waals surface area contributed by atoms with E-state index >= 15 is 0 Å². The maximum Gasteiger partial charge on any atom is 0.140 e. The first-order chi connectivity index (χ1) is 14.3. The van der Waals surface area contributed by atoms with E-state index in [0.29, 0.717) is 6.04 Å². The van der Waals surface area contributed by atoms with E-state index in [1.807, 2.05) is 30.5 Å². The molecule has 0 saturated carbocycles. The fraction of sp³-hybridized carbons (Fsp3) is 0.240. The molecule has 0 bridgehead atoms. The van der Waals surface area contributed by atoms with E-state index in [0.717, 1.165) is 37.5 Å². The SMILES string of the molecule is COc1ccccc1/C=N/N1CC[NH+](C2c3ccccc3-c3ccccc32)CC1. The second-order valence-corrected chi connectivity index (χ2v) is 7.71. The van der Waals surface area contributed by atoms with Crippen LogP contribution < -0.4 is 9.64 Å². The smallest absolute Gasteiger partial charge is 0.140 e. The Bertz CT molecular complexity index is 992. The van der Waals surface area contributed by atoms with Crippen molar-refractivity contribution in [1.82, 2.24) is 5.01 Å². The minimum Gasteiger partial charge on any atom is -0.496 e. The molecule has 3 aromatic rings. The molecule has 1 heterocycles. The van der Waals surface area contributed by atoms with E-state index in [-0.39, 0.29) is 0 Å². The Morgan fingerprint density at radius 2 is 1.45 bits per heavy atom. The van der Waals surface area contributed by atoms with E-state index in [9.17, 15) is 0 Å². The summed E-state index contributed by atoms with van der Waals surface area (Å²) >= 11 is 0. The Balaban J connectivity index is 1.32. The zero-order chi connectivity index (χ0) is 19.6. The molecule has 0 aromatic heterocycles. The van der Waals surface area contributed by atoms with Gasteiger partial charge in [0, 0.05) is 16.7 Å². The van der Waals surface area contributed by atoms with Crippen LogP contribution in [0.2, 0.25) is 0 Å². The van der Waals surface area contributed by atoms with E-state index in [2.05, 4.69) is 53.5 Å². The number of nitrogens with one attached hydrogen (secondary N) is 1. The van der Waals surface area contributed by atoms with Gasteiger partial charge < -0.3 is 9.64 Å². The first-order valence-electron chi connectivity index (χ1n) is 10.3. The molecule has 1 fully saturated rings. The third-order valence-corrected chi connectivity index (χ3v) is 6.12. The molecule has 5 rings (SSSR count). The zero-order valence-electron chi connectivity index (χ0n) is 16.7. The lowest BCUT2D eigenvalue weighted by atomic mass is 10.0. The summed E-state index contributed by atoms with van der Waals surface area (Å²) in [5.41, 5.74) is 6.75. The van der Waals surface area contributed by atoms with Gasteiger partial charge in [0.25, 0.3) is 0 Å². The molecule has 1 aliphatic heterocycles. The Morgan fingerprint density at radius 3 is 2.10 bits per heavy atom. The molecule has 0 radical (unpaired) electrons. The van der Waals surface area contributed by atoms with Crippen molar-refractivity contribution in [1.29, 1.82) is 0 Å². The van der Waals surface area contributed by atoms with Crippen LogP contribution in [0.3, 0.4) is 0 Å². The van der Waals surface area contributed by atoms with Crippen LogP contribution in [-0.2, 0) is 0 Å². The Hall–Kier alpha value is -3.11. The first-order valence-corrected chi connectivity index (χ1v) is 10.3. The summed E-state index contributed by atoms with van der Waals surface area (Å²) in [6, 6.07) is 26.2. The molecule has 1 N–H and O–H groups in total. The number of piperazine rings is 1. The third kappa shape index (κ3) is 3.30. The number of para-hydroxylation sites is 1. The number of fused-ring (bicyclic) bond motifs is 3. The number of methoxy groups -OCH3 is 1. The van der Waals surface area contributed by atoms with Gasteiger partial charge in [0.1, 0.15) is 11.8 Å². The molecule has 0 amide bonds. The Morgan fingerprint density at radius 1 is 0.862 bits per heavy atom. The molecule has 0 unspecified atom stereocenters. The van der Waals surface area contributed by atoms with Crippen molar-refractivity contribution in [2.75, 3.05) is 33.3 Å². The monoisotopic (exact) mass is 384 g/mol. The van der Waals surface area contributed by atoms with Gasteiger partial charge in [0.2, 0.25) is 0 Å². The minimum absolute atomic E-state index is 0.433. The molecule has 146 valence electrons. The number of nitrogens with zero attached hydrogens (tertiary/aromatic N) is 2. The van der Waals surface area contributed by atoms with Gasteiger partial charge in [-0.05, 0) is 23.3 Å². The highest BCUT2D eigenvalue weighted by Crippen LogP contribution is 2.41. The Labute approximate surface area is 172 Å². The van der Waals surface area contributed by atoms with Gasteiger partial charge in [-0.1, -0.05) is 60.7 Å². The van der Waals surface area contributed by atoms with Crippen LogP contribution in [-0.4, -0.2) is 44.5 Å². The van der Waals surface area contributed by atoms with Crippen molar-refractivity contribution in [3.8, 4) is 16.9 Å². The lowest BCUT2D eigenvalue weighted by Crippen LogP contribution is -3.14. The molecule has 3 aromatic carbocycles. The highest BCUT2D eigenvalue weighted by Gasteiger charge is 2.37. The number of quaternary nitrogens is 1. The second-order valence-electron chi connectivity index (χ2n) is 7.71. The molecular weight excluding hydrogens is 358 g/mol. The van der Waals surface area contributed by atoms with Crippen molar-refractivity contribution in [2.45, 2.75) is 6.04 Å². The van der Waals surface area contributed by atoms with Crippen LogP contribution in [0.25, 0.3) is 11.1 Å². The highest BCUT2D eigenvalue weighted by atomic mass is 16.5. The predicted molar refractivity (Wildman–Crippen MR) is 117 cm³/mol. The van der Waals surface area contributed by atoms with E-state index < -0.39 is 0 Å². The molecule has 4 nitrogen and oxygen atoms in total. The van der Waals surface area contributed by atoms with Crippen LogP contribution >= 0.6 is 0 Å². The summed E-state index contributed by atoms with van der Waals surface area (Å²) in [6.45, 7) is 4.08. The molecule has 1 aliphatic carbocycles. The standard InChI is InChI=1S/C25H25N3O/c1-29-24-13-7-2-8-19(24)18-26-28-16-14-27(15-17-28)25-22-11-5-3-9-20(22)21-10-4-6-12-23(21)25/h2-13,18,25H,14-17H2,1H3/p+1/b26-18+. The van der Waals surface area contributed by atoms with E-state index in [4.69, 9.17) is 9.84 Å². The second kappa shape index (κ2) is 7.72. The number of hydrogen-bond donors (Lipinski definition) is 1. The Kier molecular flexibility index (Phi) is 4.78. The van der Waals surface area contributed by atoms with Crippen molar-refractivity contribution in [3.63, 3.8) is 0 Å². The average molecular weight is 385 g/mol. The summed E-state index contributed by atoms with van der Waals surface area (Å²) < 4.78 is 5.42. The fourth-order valence-electron chi connectivity index (χ4n) is 4.70. The number of rotatable bonds is 4. The number of benzene rings is 3. The summed E-state index contributed by atoms with van der Waals surface area (Å²) in [4.78, 5) is 1.63. The van der Waals surface area contributed by atoms with Crippen molar-refractivity contribution < 1.29 is 9.64 Å². The largest absolute Gasteiger partial charge is 0.496 e. The van der Waals surface area contributed by atoms with Gasteiger partial charge >= 0.3 is 0 Å². The van der Waals surface area contributed by atoms with E-state index in [1.165, 1.54) is 22.3 Å². The fourth-order valence-corrected chi connectivity index (χ4v) is 4.70. The van der Waals surface area contributed by atoms with Crippen LogP contribution in [0.1, 0.15) is 22.7 Å². The van der Waals surface area contributed by atoms with Gasteiger partial charge in [-0.2, -0.15) is 5.10 Å². The summed E-state index contributed by atoms with van der Waals surface area (Å²) in [5.74, 6) is 0.861. The highest BCUT2D eigenvalue weighted by molar-refractivity contribution is 5.83. The van der Waals surface area contributed by atoms with Crippen molar-refractivity contribution >= 4 is 6.21 Å². The first kappa shape index (κ1) is 18.0. The van der Waals surface area contributed by atoms with Crippen molar-refractivity contribution in [3.05, 3.63) is 89.5 Å². The minimum atomic E-state index is 0.433. The maximum absolute atomic E-state index is 5.42. The molecule has 0 atom stereocenters. The molecule has 0 spiro atoms. The lowest BCUT2D eigenvalue weighted by molar-refractivity contribution is -0.929. The molecule has 29 heavy (non-hydrogen) atoms. The topological polar surface area (TPSA) is 29.3 Å². The van der Waals surface area contributed by atoms with Gasteiger partial charge in [0.15, 0.2) is 0 Å². The summed E-state index contributed by atoms with van der Waals surface area (Å²) in [7, 11) is 1.70. The number of ether oxygens (including phenoxy) is 1.